The lowest BCUT2D eigenvalue weighted by atomic mass is 10.2. The zero-order chi connectivity index (χ0) is 15.2. The van der Waals surface area contributed by atoms with Crippen molar-refractivity contribution in [2.45, 2.75) is 11.4 Å². The first-order valence-corrected chi connectivity index (χ1v) is 7.44. The van der Waals surface area contributed by atoms with Crippen molar-refractivity contribution in [3.63, 3.8) is 0 Å². The number of benzene rings is 2. The van der Waals surface area contributed by atoms with Crippen molar-refractivity contribution in [1.82, 2.24) is 4.90 Å². The molecule has 0 fully saturated rings. The number of carbonyl (C=O) groups excluding carboxylic acids is 1. The van der Waals surface area contributed by atoms with Gasteiger partial charge < -0.3 is 10.0 Å². The molecule has 2 rings (SSSR count). The van der Waals surface area contributed by atoms with E-state index in [2.05, 4.69) is 0 Å². The average molecular weight is 305 g/mol. The molecule has 21 heavy (non-hydrogen) atoms. The third-order valence-corrected chi connectivity index (χ3v) is 3.95. The molecule has 110 valence electrons. The summed E-state index contributed by atoms with van der Waals surface area (Å²) in [4.78, 5) is 14.4. The fourth-order valence-electron chi connectivity index (χ4n) is 1.80. The van der Waals surface area contributed by atoms with Gasteiger partial charge in [-0.3, -0.25) is 4.79 Å². The van der Waals surface area contributed by atoms with E-state index in [1.165, 1.54) is 22.7 Å². The van der Waals surface area contributed by atoms with Crippen LogP contribution >= 0.6 is 11.8 Å². The first-order chi connectivity index (χ1) is 10.1. The molecule has 0 bridgehead atoms. The highest BCUT2D eigenvalue weighted by Crippen LogP contribution is 2.22. The van der Waals surface area contributed by atoms with Crippen LogP contribution in [0, 0.1) is 5.82 Å². The number of hydrogen-bond acceptors (Lipinski definition) is 3. The lowest BCUT2D eigenvalue weighted by Crippen LogP contribution is -2.28. The van der Waals surface area contributed by atoms with Crippen LogP contribution in [-0.4, -0.2) is 28.7 Å². The van der Waals surface area contributed by atoms with E-state index in [0.717, 1.165) is 4.90 Å². The molecule has 5 heteroatoms. The molecule has 0 aromatic heterocycles. The van der Waals surface area contributed by atoms with Crippen molar-refractivity contribution in [3.05, 3.63) is 59.9 Å². The third-order valence-electron chi connectivity index (χ3n) is 2.97. The monoisotopic (exact) mass is 305 g/mol. The lowest BCUT2D eigenvalue weighted by molar-refractivity contribution is -0.127. The smallest absolute Gasteiger partial charge is 0.232 e. The molecule has 0 aliphatic heterocycles. The molecule has 0 spiro atoms. The Kier molecular flexibility index (Phi) is 5.22. The van der Waals surface area contributed by atoms with Gasteiger partial charge in [0.2, 0.25) is 5.91 Å². The van der Waals surface area contributed by atoms with Crippen LogP contribution in [0.5, 0.6) is 5.75 Å². The number of carbonyl (C=O) groups is 1. The Labute approximate surface area is 127 Å². The number of amides is 1. The summed E-state index contributed by atoms with van der Waals surface area (Å²) < 4.78 is 13.5. The summed E-state index contributed by atoms with van der Waals surface area (Å²) in [5.41, 5.74) is 0.496. The second kappa shape index (κ2) is 7.13. The minimum atomic E-state index is -0.308. The number of aromatic hydroxyl groups is 1. The van der Waals surface area contributed by atoms with Crippen LogP contribution in [0.1, 0.15) is 5.56 Å². The minimum Gasteiger partial charge on any atom is -0.508 e. The third kappa shape index (κ3) is 4.49. The second-order valence-corrected chi connectivity index (χ2v) is 5.68. The van der Waals surface area contributed by atoms with Crippen LogP contribution in [0.3, 0.4) is 0 Å². The van der Waals surface area contributed by atoms with Crippen molar-refractivity contribution < 1.29 is 14.3 Å². The average Bonchev–Trinajstić information content (AvgIpc) is 2.47. The minimum absolute atomic E-state index is 0.0911. The molecule has 0 saturated carbocycles. The quantitative estimate of drug-likeness (QED) is 0.862. The van der Waals surface area contributed by atoms with Crippen molar-refractivity contribution in [3.8, 4) is 5.75 Å². The van der Waals surface area contributed by atoms with Crippen LogP contribution in [0.15, 0.2) is 53.4 Å². The fourth-order valence-corrected chi connectivity index (χ4v) is 2.69. The molecule has 1 N–H and O–H groups in total. The maximum atomic E-state index is 13.5. The van der Waals surface area contributed by atoms with E-state index in [1.54, 1.807) is 43.4 Å². The molecule has 0 aliphatic carbocycles. The van der Waals surface area contributed by atoms with Crippen molar-refractivity contribution in [2.75, 3.05) is 12.8 Å². The van der Waals surface area contributed by atoms with E-state index < -0.39 is 0 Å². The van der Waals surface area contributed by atoms with E-state index in [0.29, 0.717) is 5.56 Å². The predicted molar refractivity (Wildman–Crippen MR) is 81.7 cm³/mol. The van der Waals surface area contributed by atoms with E-state index in [1.807, 2.05) is 6.07 Å². The van der Waals surface area contributed by atoms with Gasteiger partial charge in [-0.15, -0.1) is 11.8 Å². The van der Waals surface area contributed by atoms with Crippen LogP contribution in [-0.2, 0) is 11.3 Å². The summed E-state index contributed by atoms with van der Waals surface area (Å²) in [6.07, 6.45) is 0. The number of rotatable bonds is 5. The molecular weight excluding hydrogens is 289 g/mol. The predicted octanol–water partition coefficient (Wildman–Crippen LogP) is 3.28. The van der Waals surface area contributed by atoms with Gasteiger partial charge in [0.25, 0.3) is 0 Å². The highest BCUT2D eigenvalue weighted by molar-refractivity contribution is 8.00. The maximum Gasteiger partial charge on any atom is 0.232 e. The standard InChI is InChI=1S/C16H16FNO2S/c1-18(10-12-5-2-3-8-15(12)17)16(20)11-21-14-7-4-6-13(19)9-14/h2-9,19H,10-11H2,1H3. The van der Waals surface area contributed by atoms with Crippen LogP contribution < -0.4 is 0 Å². The van der Waals surface area contributed by atoms with Gasteiger partial charge in [-0.2, -0.15) is 0 Å². The molecule has 0 heterocycles. The Balaban J connectivity index is 1.90. The van der Waals surface area contributed by atoms with Gasteiger partial charge in [0.15, 0.2) is 0 Å². The molecule has 2 aromatic rings. The Bertz CT molecular complexity index is 633. The largest absolute Gasteiger partial charge is 0.508 e. The van der Waals surface area contributed by atoms with E-state index in [-0.39, 0.29) is 29.8 Å². The first kappa shape index (κ1) is 15.4. The van der Waals surface area contributed by atoms with Gasteiger partial charge in [-0.25, -0.2) is 4.39 Å². The Morgan fingerprint density at radius 3 is 2.71 bits per heavy atom. The van der Waals surface area contributed by atoms with Crippen LogP contribution in [0.2, 0.25) is 0 Å². The Hall–Kier alpha value is -2.01. The normalized spacial score (nSPS) is 10.4. The Morgan fingerprint density at radius 1 is 1.24 bits per heavy atom. The number of thioether (sulfide) groups is 1. The van der Waals surface area contributed by atoms with Crippen molar-refractivity contribution >= 4 is 17.7 Å². The van der Waals surface area contributed by atoms with Gasteiger partial charge in [0.05, 0.1) is 5.75 Å². The maximum absolute atomic E-state index is 13.5. The molecule has 0 atom stereocenters. The summed E-state index contributed by atoms with van der Waals surface area (Å²) in [5, 5.41) is 9.36. The van der Waals surface area contributed by atoms with Gasteiger partial charge in [-0.05, 0) is 24.3 Å². The van der Waals surface area contributed by atoms with Crippen molar-refractivity contribution in [2.24, 2.45) is 0 Å². The van der Waals surface area contributed by atoms with Crippen LogP contribution in [0.25, 0.3) is 0 Å². The summed E-state index contributed by atoms with van der Waals surface area (Å²) in [5.74, 6) is 0.0190. The zero-order valence-corrected chi connectivity index (χ0v) is 12.4. The number of phenolic OH excluding ortho intramolecular Hbond substituents is 1. The second-order valence-electron chi connectivity index (χ2n) is 4.63. The first-order valence-electron chi connectivity index (χ1n) is 6.45. The topological polar surface area (TPSA) is 40.5 Å². The molecule has 0 aliphatic rings. The zero-order valence-electron chi connectivity index (χ0n) is 11.6. The summed E-state index contributed by atoms with van der Waals surface area (Å²) in [6, 6.07) is 13.2. The van der Waals surface area contributed by atoms with E-state index in [4.69, 9.17) is 0 Å². The number of hydrogen-bond donors (Lipinski definition) is 1. The molecule has 0 saturated heterocycles. The highest BCUT2D eigenvalue weighted by atomic mass is 32.2. The van der Waals surface area contributed by atoms with Gasteiger partial charge in [0.1, 0.15) is 11.6 Å². The van der Waals surface area contributed by atoms with E-state index in [9.17, 15) is 14.3 Å². The SMILES string of the molecule is CN(Cc1ccccc1F)C(=O)CSc1cccc(O)c1. The summed E-state index contributed by atoms with van der Waals surface area (Å²) in [7, 11) is 1.65. The Morgan fingerprint density at radius 2 is 2.00 bits per heavy atom. The summed E-state index contributed by atoms with van der Waals surface area (Å²) in [6.45, 7) is 0.242. The fraction of sp³-hybridized carbons (Fsp3) is 0.188. The van der Waals surface area contributed by atoms with Gasteiger partial charge in [0, 0.05) is 24.1 Å². The number of phenols is 1. The summed E-state index contributed by atoms with van der Waals surface area (Å²) >= 11 is 1.34. The number of nitrogens with zero attached hydrogens (tertiary/aromatic N) is 1. The molecule has 2 aromatic carbocycles. The van der Waals surface area contributed by atoms with Crippen LogP contribution in [0.4, 0.5) is 4.39 Å². The van der Waals surface area contributed by atoms with E-state index >= 15 is 0 Å². The molecule has 1 amide bonds. The molecule has 3 nitrogen and oxygen atoms in total. The van der Waals surface area contributed by atoms with Gasteiger partial charge in [-0.1, -0.05) is 24.3 Å². The number of halogens is 1. The lowest BCUT2D eigenvalue weighted by Gasteiger charge is -2.17. The molecular formula is C16H16FNO2S. The molecule has 0 radical (unpaired) electrons. The van der Waals surface area contributed by atoms with Crippen molar-refractivity contribution in [1.29, 1.82) is 0 Å². The highest BCUT2D eigenvalue weighted by Gasteiger charge is 2.12. The van der Waals surface area contributed by atoms with Gasteiger partial charge >= 0.3 is 0 Å². The molecule has 0 unspecified atom stereocenters.